The summed E-state index contributed by atoms with van der Waals surface area (Å²) in [6.45, 7) is 5.90. The number of hydrogen-bond donors (Lipinski definition) is 2. The number of aliphatic hydroxyl groups is 1. The minimum Gasteiger partial charge on any atom is -0.389 e. The lowest BCUT2D eigenvalue weighted by Gasteiger charge is -2.36. The van der Waals surface area contributed by atoms with Gasteiger partial charge in [-0.15, -0.1) is 0 Å². The second kappa shape index (κ2) is 5.31. The highest BCUT2D eigenvalue weighted by Gasteiger charge is 2.34. The van der Waals surface area contributed by atoms with E-state index in [9.17, 15) is 5.11 Å². The number of nitrogens with one attached hydrogen (secondary N) is 1. The summed E-state index contributed by atoms with van der Waals surface area (Å²) >= 11 is 3.57. The van der Waals surface area contributed by atoms with Gasteiger partial charge in [0.05, 0.1) is 21.5 Å². The van der Waals surface area contributed by atoms with Crippen molar-refractivity contribution >= 4 is 15.9 Å². The Morgan fingerprint density at radius 3 is 2.83 bits per heavy atom. The highest BCUT2D eigenvalue weighted by atomic mass is 79.9. The Bertz CT molecular complexity index is 422. The Labute approximate surface area is 117 Å². The number of nitrogens with zero attached hydrogens (tertiary/aromatic N) is 2. The van der Waals surface area contributed by atoms with Crippen molar-refractivity contribution in [1.82, 2.24) is 15.1 Å². The number of piperidine rings is 1. The fraction of sp³-hybridized carbons (Fsp3) is 0.769. The van der Waals surface area contributed by atoms with E-state index in [1.165, 1.54) is 0 Å². The summed E-state index contributed by atoms with van der Waals surface area (Å²) in [7, 11) is 1.93. The maximum Gasteiger partial charge on any atom is 0.0738 e. The zero-order chi connectivity index (χ0) is 13.3. The van der Waals surface area contributed by atoms with Crippen LogP contribution in [0.15, 0.2) is 4.47 Å². The SMILES string of the molecule is Cc1nn(C)c(CC(C)(O)C2CCCNC2)c1Br. The number of halogens is 1. The molecule has 0 spiro atoms. The first-order valence-corrected chi connectivity index (χ1v) is 7.32. The molecule has 1 aromatic heterocycles. The van der Waals surface area contributed by atoms with Gasteiger partial charge in [0, 0.05) is 25.9 Å². The van der Waals surface area contributed by atoms with E-state index in [2.05, 4.69) is 26.3 Å². The van der Waals surface area contributed by atoms with Crippen LogP contribution in [0.4, 0.5) is 0 Å². The van der Waals surface area contributed by atoms with Gasteiger partial charge in [0.15, 0.2) is 0 Å². The molecule has 18 heavy (non-hydrogen) atoms. The van der Waals surface area contributed by atoms with Crippen LogP contribution < -0.4 is 5.32 Å². The number of rotatable bonds is 3. The van der Waals surface area contributed by atoms with E-state index < -0.39 is 5.60 Å². The molecule has 0 bridgehead atoms. The van der Waals surface area contributed by atoms with Crippen molar-refractivity contribution in [3.05, 3.63) is 15.9 Å². The standard InChI is InChI=1S/C13H22BrN3O/c1-9-12(14)11(17(3)16-9)7-13(2,18)10-5-4-6-15-8-10/h10,15,18H,4-8H2,1-3H3. The zero-order valence-corrected chi connectivity index (χ0v) is 12.9. The quantitative estimate of drug-likeness (QED) is 0.894. The second-order valence-corrected chi connectivity index (χ2v) is 6.34. The molecule has 0 radical (unpaired) electrons. The van der Waals surface area contributed by atoms with Crippen LogP contribution in [0.5, 0.6) is 0 Å². The van der Waals surface area contributed by atoms with Gasteiger partial charge in [0.1, 0.15) is 0 Å². The Kier molecular flexibility index (Phi) is 4.14. The first-order valence-electron chi connectivity index (χ1n) is 6.53. The fourth-order valence-corrected chi connectivity index (χ4v) is 3.21. The molecule has 1 aliphatic heterocycles. The molecule has 1 aliphatic rings. The first kappa shape index (κ1) is 14.0. The average molecular weight is 316 g/mol. The average Bonchev–Trinajstić information content (AvgIpc) is 2.57. The van der Waals surface area contributed by atoms with Gasteiger partial charge < -0.3 is 10.4 Å². The van der Waals surface area contributed by atoms with Crippen LogP contribution in [0.2, 0.25) is 0 Å². The maximum atomic E-state index is 10.7. The third-order valence-electron chi connectivity index (χ3n) is 3.96. The van der Waals surface area contributed by atoms with Gasteiger partial charge in [0.25, 0.3) is 0 Å². The van der Waals surface area contributed by atoms with Crippen LogP contribution >= 0.6 is 15.9 Å². The Morgan fingerprint density at radius 2 is 2.33 bits per heavy atom. The molecule has 102 valence electrons. The van der Waals surface area contributed by atoms with Gasteiger partial charge in [-0.2, -0.15) is 5.10 Å². The minimum absolute atomic E-state index is 0.313. The summed E-state index contributed by atoms with van der Waals surface area (Å²) in [6, 6.07) is 0. The predicted molar refractivity (Wildman–Crippen MR) is 75.6 cm³/mol. The summed E-state index contributed by atoms with van der Waals surface area (Å²) in [4.78, 5) is 0. The summed E-state index contributed by atoms with van der Waals surface area (Å²) < 4.78 is 2.89. The molecule has 2 rings (SSSR count). The molecular formula is C13H22BrN3O. The monoisotopic (exact) mass is 315 g/mol. The maximum absolute atomic E-state index is 10.7. The van der Waals surface area contributed by atoms with E-state index >= 15 is 0 Å². The number of aromatic nitrogens is 2. The smallest absolute Gasteiger partial charge is 0.0738 e. The normalized spacial score (nSPS) is 23.9. The summed E-state index contributed by atoms with van der Waals surface area (Å²) in [5.41, 5.74) is 1.36. The van der Waals surface area contributed by atoms with Crippen LogP contribution in [0.3, 0.4) is 0 Å². The molecule has 2 atom stereocenters. The Hall–Kier alpha value is -0.390. The third-order valence-corrected chi connectivity index (χ3v) is 4.99. The van der Waals surface area contributed by atoms with Crippen LogP contribution in [0.25, 0.3) is 0 Å². The van der Waals surface area contributed by atoms with E-state index in [4.69, 9.17) is 0 Å². The van der Waals surface area contributed by atoms with Gasteiger partial charge in [-0.1, -0.05) is 0 Å². The predicted octanol–water partition coefficient (Wildman–Crippen LogP) is 1.78. The largest absolute Gasteiger partial charge is 0.389 e. The van der Waals surface area contributed by atoms with Gasteiger partial charge in [0.2, 0.25) is 0 Å². The molecule has 2 heterocycles. The van der Waals surface area contributed by atoms with Crippen molar-refractivity contribution in [2.45, 2.75) is 38.7 Å². The van der Waals surface area contributed by atoms with Crippen LogP contribution in [-0.4, -0.2) is 33.6 Å². The van der Waals surface area contributed by atoms with E-state index in [0.29, 0.717) is 12.3 Å². The van der Waals surface area contributed by atoms with Crippen LogP contribution in [0.1, 0.15) is 31.2 Å². The summed E-state index contributed by atoms with van der Waals surface area (Å²) in [5, 5.41) is 18.5. The Balaban J connectivity index is 2.15. The van der Waals surface area contributed by atoms with Crippen LogP contribution in [0, 0.1) is 12.8 Å². The molecule has 4 nitrogen and oxygen atoms in total. The molecule has 5 heteroatoms. The van der Waals surface area contributed by atoms with Crippen molar-refractivity contribution in [2.75, 3.05) is 13.1 Å². The molecule has 1 fully saturated rings. The summed E-state index contributed by atoms with van der Waals surface area (Å²) in [5.74, 6) is 0.313. The third kappa shape index (κ3) is 2.78. The van der Waals surface area contributed by atoms with E-state index in [0.717, 1.165) is 41.8 Å². The first-order chi connectivity index (χ1) is 8.42. The van der Waals surface area contributed by atoms with Crippen molar-refractivity contribution in [1.29, 1.82) is 0 Å². The summed E-state index contributed by atoms with van der Waals surface area (Å²) in [6.07, 6.45) is 2.87. The topological polar surface area (TPSA) is 50.1 Å². The number of aryl methyl sites for hydroxylation is 2. The fourth-order valence-electron chi connectivity index (χ4n) is 2.74. The molecule has 0 aliphatic carbocycles. The molecule has 1 saturated heterocycles. The van der Waals surface area contributed by atoms with Gasteiger partial charge in [-0.3, -0.25) is 4.68 Å². The number of hydrogen-bond acceptors (Lipinski definition) is 3. The van der Waals surface area contributed by atoms with Gasteiger partial charge >= 0.3 is 0 Å². The highest BCUT2D eigenvalue weighted by Crippen LogP contribution is 2.31. The van der Waals surface area contributed by atoms with Gasteiger partial charge in [-0.05, 0) is 49.2 Å². The van der Waals surface area contributed by atoms with E-state index in [1.54, 1.807) is 0 Å². The Morgan fingerprint density at radius 1 is 1.61 bits per heavy atom. The molecule has 0 amide bonds. The van der Waals surface area contributed by atoms with E-state index in [-0.39, 0.29) is 0 Å². The lowest BCUT2D eigenvalue weighted by molar-refractivity contribution is -0.0117. The van der Waals surface area contributed by atoms with Crippen molar-refractivity contribution in [3.8, 4) is 0 Å². The zero-order valence-electron chi connectivity index (χ0n) is 11.3. The molecule has 1 aromatic rings. The highest BCUT2D eigenvalue weighted by molar-refractivity contribution is 9.10. The molecule has 2 unspecified atom stereocenters. The lowest BCUT2D eigenvalue weighted by Crippen LogP contribution is -2.45. The van der Waals surface area contributed by atoms with E-state index in [1.807, 2.05) is 25.6 Å². The van der Waals surface area contributed by atoms with Crippen LogP contribution in [-0.2, 0) is 13.5 Å². The van der Waals surface area contributed by atoms with Crippen molar-refractivity contribution in [3.63, 3.8) is 0 Å². The second-order valence-electron chi connectivity index (χ2n) is 5.55. The molecular weight excluding hydrogens is 294 g/mol. The van der Waals surface area contributed by atoms with Crippen molar-refractivity contribution in [2.24, 2.45) is 13.0 Å². The molecule has 0 saturated carbocycles. The van der Waals surface area contributed by atoms with Crippen molar-refractivity contribution < 1.29 is 5.11 Å². The molecule has 2 N–H and O–H groups in total. The lowest BCUT2D eigenvalue weighted by atomic mass is 9.80. The minimum atomic E-state index is -0.684. The van der Waals surface area contributed by atoms with Gasteiger partial charge in [-0.25, -0.2) is 0 Å². The molecule has 0 aromatic carbocycles.